The third-order valence-electron chi connectivity index (χ3n) is 3.80. The standard InChI is InChI=1S/C17H34N2O4/c1-14(18-8-10-22-12-11-21-5)13-15-7-6-9-19(15)16(20)23-17(2,3)4/h14-15,18H,6-13H2,1-5H3. The van der Waals surface area contributed by atoms with Gasteiger partial charge in [0, 0.05) is 32.3 Å². The molecule has 1 saturated heterocycles. The van der Waals surface area contributed by atoms with Crippen molar-refractivity contribution in [3.8, 4) is 0 Å². The summed E-state index contributed by atoms with van der Waals surface area (Å²) in [5.74, 6) is 0. The summed E-state index contributed by atoms with van der Waals surface area (Å²) in [4.78, 5) is 14.2. The zero-order valence-corrected chi connectivity index (χ0v) is 15.4. The van der Waals surface area contributed by atoms with E-state index in [1.807, 2.05) is 25.7 Å². The normalized spacial score (nSPS) is 19.9. The van der Waals surface area contributed by atoms with Crippen LogP contribution in [0, 0.1) is 0 Å². The van der Waals surface area contributed by atoms with E-state index < -0.39 is 5.60 Å². The van der Waals surface area contributed by atoms with Gasteiger partial charge in [-0.2, -0.15) is 0 Å². The molecule has 6 nitrogen and oxygen atoms in total. The number of rotatable bonds is 9. The Labute approximate surface area is 140 Å². The molecular formula is C17H34N2O4. The maximum absolute atomic E-state index is 12.3. The van der Waals surface area contributed by atoms with Crippen LogP contribution in [0.25, 0.3) is 0 Å². The first kappa shape index (κ1) is 20.2. The van der Waals surface area contributed by atoms with Gasteiger partial charge in [0.25, 0.3) is 0 Å². The molecule has 1 fully saturated rings. The third-order valence-corrected chi connectivity index (χ3v) is 3.80. The van der Waals surface area contributed by atoms with Crippen molar-refractivity contribution in [3.05, 3.63) is 0 Å². The number of amides is 1. The number of hydrogen-bond acceptors (Lipinski definition) is 5. The number of ether oxygens (including phenoxy) is 3. The van der Waals surface area contributed by atoms with Crippen molar-refractivity contribution in [1.29, 1.82) is 0 Å². The summed E-state index contributed by atoms with van der Waals surface area (Å²) in [5.41, 5.74) is -0.437. The quantitative estimate of drug-likeness (QED) is 0.658. The molecule has 0 aliphatic carbocycles. The average Bonchev–Trinajstić information content (AvgIpc) is 2.89. The molecule has 6 heteroatoms. The molecular weight excluding hydrogens is 296 g/mol. The second kappa shape index (κ2) is 10.1. The van der Waals surface area contributed by atoms with Crippen LogP contribution in [0.2, 0.25) is 0 Å². The fraction of sp³-hybridized carbons (Fsp3) is 0.941. The number of carbonyl (C=O) groups is 1. The zero-order chi connectivity index (χ0) is 17.3. The molecule has 0 aromatic carbocycles. The molecule has 2 unspecified atom stereocenters. The Morgan fingerprint density at radius 1 is 1.30 bits per heavy atom. The van der Waals surface area contributed by atoms with E-state index in [0.717, 1.165) is 32.4 Å². The minimum atomic E-state index is -0.437. The molecule has 0 aromatic rings. The van der Waals surface area contributed by atoms with E-state index in [0.29, 0.717) is 25.9 Å². The SMILES string of the molecule is COCCOCCNC(C)CC1CCCN1C(=O)OC(C)(C)C. The summed E-state index contributed by atoms with van der Waals surface area (Å²) in [6.07, 6.45) is 2.86. The maximum Gasteiger partial charge on any atom is 0.410 e. The number of likely N-dealkylation sites (tertiary alicyclic amines) is 1. The van der Waals surface area contributed by atoms with Crippen LogP contribution < -0.4 is 5.32 Å². The van der Waals surface area contributed by atoms with Gasteiger partial charge in [-0.1, -0.05) is 0 Å². The van der Waals surface area contributed by atoms with Crippen molar-refractivity contribution in [2.45, 2.75) is 64.6 Å². The Kier molecular flexibility index (Phi) is 8.87. The van der Waals surface area contributed by atoms with Crippen molar-refractivity contribution < 1.29 is 19.0 Å². The van der Waals surface area contributed by atoms with E-state index in [1.165, 1.54) is 0 Å². The molecule has 1 aliphatic rings. The molecule has 0 aromatic heterocycles. The maximum atomic E-state index is 12.3. The zero-order valence-electron chi connectivity index (χ0n) is 15.4. The largest absolute Gasteiger partial charge is 0.444 e. The molecule has 2 atom stereocenters. The molecule has 0 radical (unpaired) electrons. The number of carbonyl (C=O) groups excluding carboxylic acids is 1. The van der Waals surface area contributed by atoms with Gasteiger partial charge in [0.2, 0.25) is 0 Å². The van der Waals surface area contributed by atoms with E-state index >= 15 is 0 Å². The molecule has 136 valence electrons. The van der Waals surface area contributed by atoms with Gasteiger partial charge in [0.1, 0.15) is 5.60 Å². The first-order valence-electron chi connectivity index (χ1n) is 8.63. The van der Waals surface area contributed by atoms with E-state index in [4.69, 9.17) is 14.2 Å². The highest BCUT2D eigenvalue weighted by atomic mass is 16.6. The summed E-state index contributed by atoms with van der Waals surface area (Å²) in [5, 5.41) is 3.45. The number of methoxy groups -OCH3 is 1. The third kappa shape index (κ3) is 8.53. The molecule has 0 bridgehead atoms. The summed E-state index contributed by atoms with van der Waals surface area (Å²) in [6, 6.07) is 0.607. The molecule has 0 spiro atoms. The average molecular weight is 330 g/mol. The summed E-state index contributed by atoms with van der Waals surface area (Å²) in [7, 11) is 1.67. The van der Waals surface area contributed by atoms with Gasteiger partial charge in [0.15, 0.2) is 0 Å². The number of hydrogen-bond donors (Lipinski definition) is 1. The highest BCUT2D eigenvalue weighted by Gasteiger charge is 2.32. The molecule has 1 rings (SSSR count). The molecule has 1 amide bonds. The van der Waals surface area contributed by atoms with E-state index in [-0.39, 0.29) is 12.1 Å². The number of nitrogens with zero attached hydrogens (tertiary/aromatic N) is 1. The fourth-order valence-corrected chi connectivity index (χ4v) is 2.75. The highest BCUT2D eigenvalue weighted by molar-refractivity contribution is 5.68. The van der Waals surface area contributed by atoms with Crippen LogP contribution in [0.4, 0.5) is 4.79 Å². The fourth-order valence-electron chi connectivity index (χ4n) is 2.75. The molecule has 23 heavy (non-hydrogen) atoms. The lowest BCUT2D eigenvalue weighted by Gasteiger charge is -2.30. The van der Waals surface area contributed by atoms with E-state index in [2.05, 4.69) is 12.2 Å². The van der Waals surface area contributed by atoms with Gasteiger partial charge in [-0.15, -0.1) is 0 Å². The predicted octanol–water partition coefficient (Wildman–Crippen LogP) is 2.42. The van der Waals surface area contributed by atoms with Crippen LogP contribution in [-0.2, 0) is 14.2 Å². The van der Waals surface area contributed by atoms with Crippen molar-refractivity contribution >= 4 is 6.09 Å². The number of nitrogens with one attached hydrogen (secondary N) is 1. The minimum Gasteiger partial charge on any atom is -0.444 e. The smallest absolute Gasteiger partial charge is 0.410 e. The lowest BCUT2D eigenvalue weighted by molar-refractivity contribution is 0.0213. The van der Waals surface area contributed by atoms with Crippen molar-refractivity contribution in [2.75, 3.05) is 40.0 Å². The molecule has 1 N–H and O–H groups in total. The summed E-state index contributed by atoms with van der Waals surface area (Å²) >= 11 is 0. The van der Waals surface area contributed by atoms with Crippen LogP contribution in [0.5, 0.6) is 0 Å². The first-order valence-corrected chi connectivity index (χ1v) is 8.63. The summed E-state index contributed by atoms with van der Waals surface area (Å²) in [6.45, 7) is 11.4. The van der Waals surface area contributed by atoms with Crippen molar-refractivity contribution in [3.63, 3.8) is 0 Å². The summed E-state index contributed by atoms with van der Waals surface area (Å²) < 4.78 is 15.9. The predicted molar refractivity (Wildman–Crippen MR) is 90.7 cm³/mol. The molecule has 0 saturated carbocycles. The topological polar surface area (TPSA) is 60.0 Å². The highest BCUT2D eigenvalue weighted by Crippen LogP contribution is 2.23. The second-order valence-electron chi connectivity index (χ2n) is 7.17. The van der Waals surface area contributed by atoms with Crippen LogP contribution in [0.3, 0.4) is 0 Å². The van der Waals surface area contributed by atoms with E-state index in [1.54, 1.807) is 7.11 Å². The Bertz CT molecular complexity index is 344. The van der Waals surface area contributed by atoms with Crippen molar-refractivity contribution in [2.24, 2.45) is 0 Å². The Hall–Kier alpha value is -0.850. The van der Waals surface area contributed by atoms with Gasteiger partial charge in [0.05, 0.1) is 19.8 Å². The first-order chi connectivity index (χ1) is 10.8. The lowest BCUT2D eigenvalue weighted by Crippen LogP contribution is -2.43. The Balaban J connectivity index is 2.27. The van der Waals surface area contributed by atoms with Gasteiger partial charge in [-0.3, -0.25) is 0 Å². The molecule has 1 aliphatic heterocycles. The molecule has 1 heterocycles. The van der Waals surface area contributed by atoms with Crippen LogP contribution >= 0.6 is 0 Å². The monoisotopic (exact) mass is 330 g/mol. The van der Waals surface area contributed by atoms with Gasteiger partial charge >= 0.3 is 6.09 Å². The van der Waals surface area contributed by atoms with Crippen LogP contribution in [0.15, 0.2) is 0 Å². The van der Waals surface area contributed by atoms with Crippen molar-refractivity contribution in [1.82, 2.24) is 10.2 Å². The van der Waals surface area contributed by atoms with E-state index in [9.17, 15) is 4.79 Å². The Morgan fingerprint density at radius 2 is 2.04 bits per heavy atom. The minimum absolute atomic E-state index is 0.185. The lowest BCUT2D eigenvalue weighted by atomic mass is 10.1. The van der Waals surface area contributed by atoms with Crippen LogP contribution in [0.1, 0.15) is 47.0 Å². The van der Waals surface area contributed by atoms with Gasteiger partial charge in [-0.05, 0) is 47.0 Å². The van der Waals surface area contributed by atoms with Crippen LogP contribution in [-0.4, -0.2) is 68.7 Å². The Morgan fingerprint density at radius 3 is 2.70 bits per heavy atom. The van der Waals surface area contributed by atoms with Gasteiger partial charge in [-0.25, -0.2) is 4.79 Å². The second-order valence-corrected chi connectivity index (χ2v) is 7.17. The van der Waals surface area contributed by atoms with Gasteiger partial charge < -0.3 is 24.4 Å².